The van der Waals surface area contributed by atoms with Crippen LogP contribution in [-0.2, 0) is 4.74 Å². The minimum absolute atomic E-state index is 0.158. The summed E-state index contributed by atoms with van der Waals surface area (Å²) in [6, 6.07) is 6.03. The van der Waals surface area contributed by atoms with Crippen molar-refractivity contribution in [2.75, 3.05) is 18.2 Å². The number of hydrogen-bond acceptors (Lipinski definition) is 4. The van der Waals surface area contributed by atoms with E-state index in [0.29, 0.717) is 26.1 Å². The fourth-order valence-corrected chi connectivity index (χ4v) is 2.23. The number of hydrogen-bond donors (Lipinski definition) is 1. The number of carbonyl (C=O) groups excluding carboxylic acids is 1. The first-order chi connectivity index (χ1) is 9.11. The van der Waals surface area contributed by atoms with E-state index in [1.54, 1.807) is 18.2 Å². The van der Waals surface area contributed by atoms with E-state index >= 15 is 0 Å². The second-order valence-corrected chi connectivity index (χ2v) is 4.31. The molecule has 2 N–H and O–H groups in total. The lowest BCUT2D eigenvalue weighted by atomic mass is 10.1. The molecule has 0 aromatic heterocycles. The van der Waals surface area contributed by atoms with Crippen LogP contribution in [0.25, 0.3) is 0 Å². The Hall–Kier alpha value is -2.15. The molecule has 0 spiro atoms. The van der Waals surface area contributed by atoms with Crippen molar-refractivity contribution in [3.05, 3.63) is 39.9 Å². The molecule has 19 heavy (non-hydrogen) atoms. The topological polar surface area (TPSA) is 98.7 Å². The third-order valence-electron chi connectivity index (χ3n) is 3.13. The number of ether oxygens (including phenoxy) is 1. The van der Waals surface area contributed by atoms with Crippen LogP contribution in [0.3, 0.4) is 0 Å². The van der Waals surface area contributed by atoms with Crippen LogP contribution in [0.15, 0.2) is 24.3 Å². The summed E-state index contributed by atoms with van der Waals surface area (Å²) in [6.07, 6.45) is 1.10. The Morgan fingerprint density at radius 1 is 1.37 bits per heavy atom. The van der Waals surface area contributed by atoms with Crippen molar-refractivity contribution in [1.82, 2.24) is 0 Å². The molecular formula is C12H15N3O4. The number of amides is 1. The van der Waals surface area contributed by atoms with Crippen molar-refractivity contribution in [2.24, 2.45) is 5.73 Å². The molecule has 0 saturated carbocycles. The fourth-order valence-electron chi connectivity index (χ4n) is 2.23. The Labute approximate surface area is 110 Å². The molecule has 1 aromatic rings. The van der Waals surface area contributed by atoms with Crippen LogP contribution in [0.1, 0.15) is 23.2 Å². The normalized spacial score (nSPS) is 16.0. The Balaban J connectivity index is 2.38. The van der Waals surface area contributed by atoms with E-state index in [-0.39, 0.29) is 17.3 Å². The molecule has 0 bridgehead atoms. The van der Waals surface area contributed by atoms with E-state index in [2.05, 4.69) is 0 Å². The Bertz CT molecular complexity index is 486. The second kappa shape index (κ2) is 5.66. The van der Waals surface area contributed by atoms with Crippen molar-refractivity contribution < 1.29 is 14.6 Å². The first-order valence-corrected chi connectivity index (χ1v) is 6.01. The molecule has 0 radical (unpaired) electrons. The smallest absolute Gasteiger partial charge is 0.251 e. The van der Waals surface area contributed by atoms with Gasteiger partial charge in [0, 0.05) is 13.2 Å². The van der Waals surface area contributed by atoms with Gasteiger partial charge >= 0.3 is 0 Å². The quantitative estimate of drug-likeness (QED) is 0.645. The SMILES string of the molecule is NC(=O)c1ccccc1N(C1CCOCC1)[N+](=O)[O-]. The molecule has 7 nitrogen and oxygen atoms in total. The lowest BCUT2D eigenvalue weighted by molar-refractivity contribution is -0.501. The van der Waals surface area contributed by atoms with Crippen LogP contribution >= 0.6 is 0 Å². The third-order valence-corrected chi connectivity index (χ3v) is 3.13. The van der Waals surface area contributed by atoms with E-state index in [9.17, 15) is 14.9 Å². The first kappa shape index (κ1) is 13.3. The zero-order valence-electron chi connectivity index (χ0n) is 10.3. The van der Waals surface area contributed by atoms with Gasteiger partial charge in [0.05, 0.1) is 11.6 Å². The summed E-state index contributed by atoms with van der Waals surface area (Å²) < 4.78 is 5.20. The van der Waals surface area contributed by atoms with Gasteiger partial charge in [-0.1, -0.05) is 17.1 Å². The number of carbonyl (C=O) groups is 1. The van der Waals surface area contributed by atoms with Crippen molar-refractivity contribution in [3.63, 3.8) is 0 Å². The van der Waals surface area contributed by atoms with Crippen molar-refractivity contribution >= 4 is 11.6 Å². The van der Waals surface area contributed by atoms with Gasteiger partial charge in [0.15, 0.2) is 5.03 Å². The molecule has 7 heteroatoms. The minimum Gasteiger partial charge on any atom is -0.381 e. The highest BCUT2D eigenvalue weighted by atomic mass is 16.7. The van der Waals surface area contributed by atoms with Gasteiger partial charge in [-0.3, -0.25) is 4.79 Å². The van der Waals surface area contributed by atoms with E-state index < -0.39 is 10.9 Å². The molecule has 0 atom stereocenters. The van der Waals surface area contributed by atoms with Crippen molar-refractivity contribution in [3.8, 4) is 0 Å². The highest BCUT2D eigenvalue weighted by Crippen LogP contribution is 2.26. The Morgan fingerprint density at radius 2 is 2.00 bits per heavy atom. The number of nitrogens with two attached hydrogens (primary N) is 1. The lowest BCUT2D eigenvalue weighted by Crippen LogP contribution is -2.44. The maximum atomic E-state index is 11.4. The summed E-state index contributed by atoms with van der Waals surface area (Å²) in [6.45, 7) is 0.960. The van der Waals surface area contributed by atoms with E-state index in [1.165, 1.54) is 6.07 Å². The largest absolute Gasteiger partial charge is 0.381 e. The predicted octanol–water partition coefficient (Wildman–Crippen LogP) is 0.963. The molecule has 1 heterocycles. The van der Waals surface area contributed by atoms with Crippen LogP contribution in [-0.4, -0.2) is 30.2 Å². The number of anilines is 1. The van der Waals surface area contributed by atoms with E-state index in [1.807, 2.05) is 0 Å². The number of rotatable bonds is 4. The van der Waals surface area contributed by atoms with Gasteiger partial charge in [-0.25, -0.2) is 10.1 Å². The second-order valence-electron chi connectivity index (χ2n) is 4.31. The van der Waals surface area contributed by atoms with Gasteiger partial charge in [0.1, 0.15) is 5.69 Å². The van der Waals surface area contributed by atoms with Gasteiger partial charge in [0.25, 0.3) is 5.91 Å². The van der Waals surface area contributed by atoms with Crippen LogP contribution in [0, 0.1) is 10.1 Å². The van der Waals surface area contributed by atoms with Gasteiger partial charge in [-0.2, -0.15) is 0 Å². The van der Waals surface area contributed by atoms with Gasteiger partial charge in [0.2, 0.25) is 0 Å². The molecule has 1 amide bonds. The number of nitro groups is 1. The lowest BCUT2D eigenvalue weighted by Gasteiger charge is -2.28. The fraction of sp³-hybridized carbons (Fsp3) is 0.417. The van der Waals surface area contributed by atoms with Gasteiger partial charge in [-0.15, -0.1) is 0 Å². The van der Waals surface area contributed by atoms with E-state index in [0.717, 1.165) is 5.01 Å². The molecule has 2 rings (SSSR count). The number of hydrazine groups is 1. The van der Waals surface area contributed by atoms with Crippen molar-refractivity contribution in [1.29, 1.82) is 0 Å². The summed E-state index contributed by atoms with van der Waals surface area (Å²) >= 11 is 0. The predicted molar refractivity (Wildman–Crippen MR) is 68.3 cm³/mol. The monoisotopic (exact) mass is 265 g/mol. The molecular weight excluding hydrogens is 250 g/mol. The molecule has 1 aliphatic heterocycles. The number of nitrogens with zero attached hydrogens (tertiary/aromatic N) is 2. The molecule has 1 fully saturated rings. The molecule has 1 aliphatic rings. The average molecular weight is 265 g/mol. The third kappa shape index (κ3) is 2.82. The molecule has 102 valence electrons. The highest BCUT2D eigenvalue weighted by Gasteiger charge is 2.32. The van der Waals surface area contributed by atoms with Crippen LogP contribution < -0.4 is 10.7 Å². The Kier molecular flexibility index (Phi) is 3.96. The van der Waals surface area contributed by atoms with Crippen LogP contribution in [0.4, 0.5) is 5.69 Å². The Morgan fingerprint density at radius 3 is 2.58 bits per heavy atom. The zero-order valence-corrected chi connectivity index (χ0v) is 10.3. The maximum Gasteiger partial charge on any atom is 0.251 e. The zero-order chi connectivity index (χ0) is 13.8. The molecule has 0 unspecified atom stereocenters. The van der Waals surface area contributed by atoms with Crippen LogP contribution in [0.2, 0.25) is 0 Å². The standard InChI is InChI=1S/C12H15N3O4/c13-12(16)10-3-1-2-4-11(10)14(15(17)18)9-5-7-19-8-6-9/h1-4,9H,5-8H2,(H2,13,16). The van der Waals surface area contributed by atoms with Gasteiger partial charge < -0.3 is 10.5 Å². The number of primary amides is 1. The average Bonchev–Trinajstić information content (AvgIpc) is 2.40. The summed E-state index contributed by atoms with van der Waals surface area (Å²) in [5, 5.41) is 11.9. The molecule has 1 aromatic carbocycles. The van der Waals surface area contributed by atoms with Crippen molar-refractivity contribution in [2.45, 2.75) is 18.9 Å². The van der Waals surface area contributed by atoms with Crippen LogP contribution in [0.5, 0.6) is 0 Å². The summed E-state index contributed by atoms with van der Waals surface area (Å²) in [7, 11) is 0. The number of para-hydroxylation sites is 1. The molecule has 1 saturated heterocycles. The summed E-state index contributed by atoms with van der Waals surface area (Å²) in [4.78, 5) is 22.7. The summed E-state index contributed by atoms with van der Waals surface area (Å²) in [5.41, 5.74) is 5.67. The molecule has 0 aliphatic carbocycles. The minimum atomic E-state index is -0.672. The maximum absolute atomic E-state index is 11.4. The highest BCUT2D eigenvalue weighted by molar-refractivity contribution is 5.98. The summed E-state index contributed by atoms with van der Waals surface area (Å²) in [5.74, 6) is -0.672. The number of benzene rings is 1. The van der Waals surface area contributed by atoms with Gasteiger partial charge in [-0.05, 0) is 25.0 Å². The van der Waals surface area contributed by atoms with E-state index in [4.69, 9.17) is 10.5 Å². The first-order valence-electron chi connectivity index (χ1n) is 6.01.